The van der Waals surface area contributed by atoms with Gasteiger partial charge in [0.25, 0.3) is 0 Å². The highest BCUT2D eigenvalue weighted by Gasteiger charge is 2.60. The standard InChI is InChI=1S/C16H30N2O/c1-14-4-12-5-15(2,9-14)11-16(6-12,10-14)7-13(18-17)8-19-3/h12-13,18H,4-11,17H2,1-3H3. The van der Waals surface area contributed by atoms with Crippen LogP contribution in [0.1, 0.15) is 58.8 Å². The number of hydrogen-bond donors (Lipinski definition) is 2. The molecular weight excluding hydrogens is 236 g/mol. The molecule has 0 radical (unpaired) electrons. The Morgan fingerprint density at radius 3 is 2.26 bits per heavy atom. The van der Waals surface area contributed by atoms with E-state index in [0.717, 1.165) is 12.5 Å². The Morgan fingerprint density at radius 2 is 1.79 bits per heavy atom. The van der Waals surface area contributed by atoms with Crippen molar-refractivity contribution < 1.29 is 4.74 Å². The van der Waals surface area contributed by atoms with E-state index in [1.165, 1.54) is 44.9 Å². The summed E-state index contributed by atoms with van der Waals surface area (Å²) in [7, 11) is 1.77. The van der Waals surface area contributed by atoms with Crippen LogP contribution in [0, 0.1) is 22.2 Å². The molecule has 4 bridgehead atoms. The molecule has 0 amide bonds. The number of hydrazine groups is 1. The fourth-order valence-corrected chi connectivity index (χ4v) is 6.80. The average Bonchev–Trinajstić information content (AvgIpc) is 2.22. The van der Waals surface area contributed by atoms with E-state index < -0.39 is 0 Å². The number of nitrogens with one attached hydrogen (secondary N) is 1. The molecule has 4 rings (SSSR count). The minimum absolute atomic E-state index is 0.313. The van der Waals surface area contributed by atoms with Crippen molar-refractivity contribution in [1.29, 1.82) is 0 Å². The van der Waals surface area contributed by atoms with Crippen molar-refractivity contribution in [3.05, 3.63) is 0 Å². The zero-order valence-electron chi connectivity index (χ0n) is 12.8. The molecule has 0 aromatic heterocycles. The molecule has 3 unspecified atom stereocenters. The van der Waals surface area contributed by atoms with E-state index in [1.807, 2.05) is 0 Å². The van der Waals surface area contributed by atoms with Crippen molar-refractivity contribution in [3.63, 3.8) is 0 Å². The van der Waals surface area contributed by atoms with Gasteiger partial charge in [-0.25, -0.2) is 0 Å². The van der Waals surface area contributed by atoms with Gasteiger partial charge >= 0.3 is 0 Å². The number of hydrogen-bond acceptors (Lipinski definition) is 3. The van der Waals surface area contributed by atoms with Gasteiger partial charge < -0.3 is 4.74 Å². The van der Waals surface area contributed by atoms with Gasteiger partial charge in [0.2, 0.25) is 0 Å². The van der Waals surface area contributed by atoms with Crippen LogP contribution in [-0.4, -0.2) is 19.8 Å². The van der Waals surface area contributed by atoms with Gasteiger partial charge in [0, 0.05) is 13.2 Å². The van der Waals surface area contributed by atoms with Crippen LogP contribution in [0.15, 0.2) is 0 Å². The summed E-state index contributed by atoms with van der Waals surface area (Å²) in [4.78, 5) is 0. The topological polar surface area (TPSA) is 47.3 Å². The summed E-state index contributed by atoms with van der Waals surface area (Å²) in [5.41, 5.74) is 4.70. The lowest BCUT2D eigenvalue weighted by molar-refractivity contribution is -0.151. The number of rotatable bonds is 5. The minimum atomic E-state index is 0.313. The van der Waals surface area contributed by atoms with Crippen molar-refractivity contribution >= 4 is 0 Å². The van der Waals surface area contributed by atoms with E-state index in [0.29, 0.717) is 22.3 Å². The largest absolute Gasteiger partial charge is 0.383 e. The third kappa shape index (κ3) is 2.45. The van der Waals surface area contributed by atoms with Crippen LogP contribution in [0.25, 0.3) is 0 Å². The number of nitrogens with two attached hydrogens (primary N) is 1. The highest BCUT2D eigenvalue weighted by Crippen LogP contribution is 2.70. The molecule has 3 N–H and O–H groups in total. The summed E-state index contributed by atoms with van der Waals surface area (Å²) in [5.74, 6) is 6.69. The fourth-order valence-electron chi connectivity index (χ4n) is 6.80. The maximum Gasteiger partial charge on any atom is 0.0629 e. The van der Waals surface area contributed by atoms with Crippen LogP contribution in [0.4, 0.5) is 0 Å². The smallest absolute Gasteiger partial charge is 0.0629 e. The molecule has 4 saturated carbocycles. The van der Waals surface area contributed by atoms with Crippen LogP contribution >= 0.6 is 0 Å². The summed E-state index contributed by atoms with van der Waals surface area (Å²) < 4.78 is 5.32. The van der Waals surface area contributed by atoms with Crippen molar-refractivity contribution in [1.82, 2.24) is 5.43 Å². The number of ether oxygens (including phenoxy) is 1. The van der Waals surface area contributed by atoms with Crippen molar-refractivity contribution in [2.24, 2.45) is 28.0 Å². The molecular formula is C16H30N2O. The lowest BCUT2D eigenvalue weighted by atomic mass is 9.39. The zero-order chi connectivity index (χ0) is 13.7. The monoisotopic (exact) mass is 266 g/mol. The quantitative estimate of drug-likeness (QED) is 0.594. The van der Waals surface area contributed by atoms with Crippen LogP contribution in [0.3, 0.4) is 0 Å². The Hall–Kier alpha value is -0.120. The van der Waals surface area contributed by atoms with Crippen LogP contribution in [0.5, 0.6) is 0 Å². The van der Waals surface area contributed by atoms with Gasteiger partial charge in [-0.05, 0) is 67.1 Å². The van der Waals surface area contributed by atoms with Gasteiger partial charge in [0.15, 0.2) is 0 Å². The van der Waals surface area contributed by atoms with E-state index >= 15 is 0 Å². The predicted octanol–water partition coefficient (Wildman–Crippen LogP) is 2.85. The van der Waals surface area contributed by atoms with Crippen LogP contribution in [0.2, 0.25) is 0 Å². The van der Waals surface area contributed by atoms with Gasteiger partial charge in [-0.3, -0.25) is 11.3 Å². The summed E-state index contributed by atoms with van der Waals surface area (Å²) >= 11 is 0. The molecule has 0 saturated heterocycles. The van der Waals surface area contributed by atoms with Gasteiger partial charge in [-0.2, -0.15) is 0 Å². The molecule has 3 heteroatoms. The molecule has 0 aromatic carbocycles. The molecule has 4 fully saturated rings. The van der Waals surface area contributed by atoms with Crippen LogP contribution < -0.4 is 11.3 Å². The third-order valence-corrected chi connectivity index (χ3v) is 6.02. The maximum absolute atomic E-state index is 5.72. The highest BCUT2D eigenvalue weighted by molar-refractivity contribution is 5.10. The van der Waals surface area contributed by atoms with E-state index in [4.69, 9.17) is 10.6 Å². The molecule has 4 aliphatic carbocycles. The van der Waals surface area contributed by atoms with E-state index in [-0.39, 0.29) is 0 Å². The SMILES string of the molecule is COCC(CC12CC3CC(C)(CC(C)(C3)C1)C2)NN. The molecule has 3 atom stereocenters. The van der Waals surface area contributed by atoms with Crippen LogP contribution in [-0.2, 0) is 4.74 Å². The van der Waals surface area contributed by atoms with Gasteiger partial charge in [0.1, 0.15) is 0 Å². The molecule has 0 spiro atoms. The molecule has 19 heavy (non-hydrogen) atoms. The van der Waals surface area contributed by atoms with E-state index in [9.17, 15) is 0 Å². The minimum Gasteiger partial charge on any atom is -0.383 e. The van der Waals surface area contributed by atoms with Gasteiger partial charge in [-0.1, -0.05) is 13.8 Å². The molecule has 0 aliphatic heterocycles. The lowest BCUT2D eigenvalue weighted by Crippen LogP contribution is -2.57. The second kappa shape index (κ2) is 4.44. The van der Waals surface area contributed by atoms with E-state index in [2.05, 4.69) is 19.3 Å². The summed E-state index contributed by atoms with van der Waals surface area (Å²) in [6.07, 6.45) is 9.83. The van der Waals surface area contributed by atoms with Gasteiger partial charge in [-0.15, -0.1) is 0 Å². The average molecular weight is 266 g/mol. The summed E-state index contributed by atoms with van der Waals surface area (Å²) in [6, 6.07) is 0.313. The normalized spacial score (nSPS) is 49.6. The maximum atomic E-state index is 5.72. The summed E-state index contributed by atoms with van der Waals surface area (Å²) in [5, 5.41) is 0. The van der Waals surface area contributed by atoms with Crippen molar-refractivity contribution in [3.8, 4) is 0 Å². The second-order valence-electron chi connectivity index (χ2n) is 8.65. The first-order valence-electron chi connectivity index (χ1n) is 7.85. The molecule has 110 valence electrons. The first-order chi connectivity index (χ1) is 8.90. The Morgan fingerprint density at radius 1 is 1.16 bits per heavy atom. The zero-order valence-corrected chi connectivity index (χ0v) is 12.8. The molecule has 3 nitrogen and oxygen atoms in total. The highest BCUT2D eigenvalue weighted by atomic mass is 16.5. The second-order valence-corrected chi connectivity index (χ2v) is 8.65. The molecule has 0 heterocycles. The van der Waals surface area contributed by atoms with Gasteiger partial charge in [0.05, 0.1) is 6.61 Å². The first kappa shape index (κ1) is 13.8. The van der Waals surface area contributed by atoms with Crippen molar-refractivity contribution in [2.75, 3.05) is 13.7 Å². The molecule has 4 aliphatic rings. The summed E-state index contributed by atoms with van der Waals surface area (Å²) in [6.45, 7) is 5.80. The Balaban J connectivity index is 1.80. The number of methoxy groups -OCH3 is 1. The Kier molecular flexibility index (Phi) is 3.23. The first-order valence-corrected chi connectivity index (χ1v) is 7.85. The van der Waals surface area contributed by atoms with Crippen molar-refractivity contribution in [2.45, 2.75) is 64.8 Å². The lowest BCUT2D eigenvalue weighted by Gasteiger charge is -2.66. The predicted molar refractivity (Wildman–Crippen MR) is 77.4 cm³/mol. The fraction of sp³-hybridized carbons (Fsp3) is 1.00. The Bertz CT molecular complexity index is 339. The molecule has 0 aromatic rings. The Labute approximate surface area is 117 Å². The van der Waals surface area contributed by atoms with E-state index in [1.54, 1.807) is 7.11 Å². The third-order valence-electron chi connectivity index (χ3n) is 6.02.